The SMILES string of the molecule is CC(Oc1ccc(F)c(F)c1)C(=O)NC(C)c1nc(-c2ccncc2)cs1. The van der Waals surface area contributed by atoms with Gasteiger partial charge in [0.1, 0.15) is 10.8 Å². The summed E-state index contributed by atoms with van der Waals surface area (Å²) in [6, 6.07) is 6.53. The highest BCUT2D eigenvalue weighted by molar-refractivity contribution is 7.10. The molecular weight excluding hydrogens is 372 g/mol. The van der Waals surface area contributed by atoms with Crippen LogP contribution in [0.5, 0.6) is 5.75 Å². The second kappa shape index (κ2) is 8.22. The Balaban J connectivity index is 1.61. The lowest BCUT2D eigenvalue weighted by Gasteiger charge is -2.17. The molecule has 1 N–H and O–H groups in total. The minimum absolute atomic E-state index is 0.0819. The molecule has 2 unspecified atom stereocenters. The maximum Gasteiger partial charge on any atom is 0.261 e. The van der Waals surface area contributed by atoms with Gasteiger partial charge in [-0.2, -0.15) is 0 Å². The Kier molecular flexibility index (Phi) is 5.75. The quantitative estimate of drug-likeness (QED) is 0.689. The van der Waals surface area contributed by atoms with Crippen LogP contribution < -0.4 is 10.1 Å². The fourth-order valence-electron chi connectivity index (χ4n) is 2.34. The van der Waals surface area contributed by atoms with Crippen LogP contribution in [0.1, 0.15) is 24.9 Å². The van der Waals surface area contributed by atoms with Gasteiger partial charge in [0.15, 0.2) is 17.7 Å². The number of carbonyl (C=O) groups is 1. The topological polar surface area (TPSA) is 64.1 Å². The number of benzene rings is 1. The van der Waals surface area contributed by atoms with Gasteiger partial charge in [0.2, 0.25) is 0 Å². The lowest BCUT2D eigenvalue weighted by atomic mass is 10.2. The predicted octanol–water partition coefficient (Wildman–Crippen LogP) is 4.13. The molecule has 0 saturated carbocycles. The molecule has 0 saturated heterocycles. The molecule has 2 aromatic heterocycles. The molecule has 0 aliphatic heterocycles. The number of rotatable bonds is 6. The highest BCUT2D eigenvalue weighted by atomic mass is 32.1. The molecule has 0 spiro atoms. The van der Waals surface area contributed by atoms with Crippen LogP contribution in [0.4, 0.5) is 8.78 Å². The molecule has 0 radical (unpaired) electrons. The number of nitrogens with zero attached hydrogens (tertiary/aromatic N) is 2. The third-order valence-electron chi connectivity index (χ3n) is 3.80. The molecule has 1 aromatic carbocycles. The molecular formula is C19H17F2N3O2S. The molecule has 27 heavy (non-hydrogen) atoms. The molecule has 0 aliphatic rings. The van der Waals surface area contributed by atoms with Crippen LogP contribution in [0.2, 0.25) is 0 Å². The van der Waals surface area contributed by atoms with Crippen molar-refractivity contribution in [1.29, 1.82) is 0 Å². The zero-order valence-corrected chi connectivity index (χ0v) is 15.5. The number of ether oxygens (including phenoxy) is 1. The van der Waals surface area contributed by atoms with Gasteiger partial charge >= 0.3 is 0 Å². The smallest absolute Gasteiger partial charge is 0.261 e. The van der Waals surface area contributed by atoms with Crippen molar-refractivity contribution in [1.82, 2.24) is 15.3 Å². The molecule has 8 heteroatoms. The first-order chi connectivity index (χ1) is 12.9. The van der Waals surface area contributed by atoms with Crippen molar-refractivity contribution in [3.05, 3.63) is 64.7 Å². The second-order valence-corrected chi connectivity index (χ2v) is 6.76. The van der Waals surface area contributed by atoms with Crippen molar-refractivity contribution in [2.24, 2.45) is 0 Å². The number of thiazole rings is 1. The number of halogens is 2. The third-order valence-corrected chi connectivity index (χ3v) is 4.83. The first-order valence-electron chi connectivity index (χ1n) is 8.22. The number of nitrogens with one attached hydrogen (secondary N) is 1. The maximum absolute atomic E-state index is 13.2. The molecule has 0 bridgehead atoms. The van der Waals surface area contributed by atoms with E-state index in [4.69, 9.17) is 4.74 Å². The van der Waals surface area contributed by atoms with Crippen LogP contribution in [0, 0.1) is 11.6 Å². The normalized spacial score (nSPS) is 13.0. The van der Waals surface area contributed by atoms with E-state index in [2.05, 4.69) is 15.3 Å². The lowest BCUT2D eigenvalue weighted by Crippen LogP contribution is -2.37. The minimum atomic E-state index is -1.03. The fraction of sp³-hybridized carbons (Fsp3) is 0.211. The summed E-state index contributed by atoms with van der Waals surface area (Å²) in [7, 11) is 0. The molecule has 0 aliphatic carbocycles. The number of carbonyl (C=O) groups excluding carboxylic acids is 1. The Hall–Kier alpha value is -2.87. The predicted molar refractivity (Wildman–Crippen MR) is 98.4 cm³/mol. The minimum Gasteiger partial charge on any atom is -0.481 e. The third kappa shape index (κ3) is 4.65. The van der Waals surface area contributed by atoms with Gasteiger partial charge < -0.3 is 10.1 Å². The number of hydrogen-bond acceptors (Lipinski definition) is 5. The molecule has 3 rings (SSSR count). The second-order valence-electron chi connectivity index (χ2n) is 5.87. The van der Waals surface area contributed by atoms with Crippen LogP contribution in [0.15, 0.2) is 48.1 Å². The average molecular weight is 389 g/mol. The maximum atomic E-state index is 13.2. The molecule has 1 amide bonds. The van der Waals surface area contributed by atoms with Gasteiger partial charge in [0.25, 0.3) is 5.91 Å². The summed E-state index contributed by atoms with van der Waals surface area (Å²) in [5.74, 6) is -2.30. The van der Waals surface area contributed by atoms with Crippen LogP contribution in [0.25, 0.3) is 11.3 Å². The van der Waals surface area contributed by atoms with E-state index < -0.39 is 17.7 Å². The Morgan fingerprint density at radius 3 is 2.59 bits per heavy atom. The number of aromatic nitrogens is 2. The first-order valence-corrected chi connectivity index (χ1v) is 9.10. The molecule has 140 valence electrons. The molecule has 2 heterocycles. The van der Waals surface area contributed by atoms with Crippen molar-refractivity contribution >= 4 is 17.2 Å². The fourth-order valence-corrected chi connectivity index (χ4v) is 3.18. The van der Waals surface area contributed by atoms with E-state index in [0.717, 1.165) is 28.4 Å². The van der Waals surface area contributed by atoms with E-state index >= 15 is 0 Å². The number of hydrogen-bond donors (Lipinski definition) is 1. The van der Waals surface area contributed by atoms with Crippen LogP contribution in [0.3, 0.4) is 0 Å². The summed E-state index contributed by atoms with van der Waals surface area (Å²) in [5.41, 5.74) is 1.76. The van der Waals surface area contributed by atoms with Crippen molar-refractivity contribution < 1.29 is 18.3 Å². The average Bonchev–Trinajstić information content (AvgIpc) is 3.16. The molecule has 0 fully saturated rings. The summed E-state index contributed by atoms with van der Waals surface area (Å²) in [6.45, 7) is 3.35. The summed E-state index contributed by atoms with van der Waals surface area (Å²) in [5, 5.41) is 5.47. The van der Waals surface area contributed by atoms with E-state index in [0.29, 0.717) is 0 Å². The largest absolute Gasteiger partial charge is 0.481 e. The van der Waals surface area contributed by atoms with Crippen molar-refractivity contribution in [2.45, 2.75) is 26.0 Å². The van der Waals surface area contributed by atoms with E-state index in [9.17, 15) is 13.6 Å². The van der Waals surface area contributed by atoms with Gasteiger partial charge in [-0.3, -0.25) is 9.78 Å². The van der Waals surface area contributed by atoms with E-state index in [1.807, 2.05) is 24.4 Å². The lowest BCUT2D eigenvalue weighted by molar-refractivity contribution is -0.127. The summed E-state index contributed by atoms with van der Waals surface area (Å²) < 4.78 is 31.6. The number of pyridine rings is 1. The summed E-state index contributed by atoms with van der Waals surface area (Å²) in [6.07, 6.45) is 2.50. The van der Waals surface area contributed by atoms with Gasteiger partial charge in [-0.05, 0) is 38.1 Å². The van der Waals surface area contributed by atoms with Crippen molar-refractivity contribution in [3.63, 3.8) is 0 Å². The Labute approximate surface area is 159 Å². The van der Waals surface area contributed by atoms with Gasteiger partial charge in [0.05, 0.1) is 11.7 Å². The van der Waals surface area contributed by atoms with Gasteiger partial charge in [-0.25, -0.2) is 13.8 Å². The highest BCUT2D eigenvalue weighted by Crippen LogP contribution is 2.25. The Bertz CT molecular complexity index is 934. The Morgan fingerprint density at radius 2 is 1.89 bits per heavy atom. The molecule has 3 aromatic rings. The van der Waals surface area contributed by atoms with Gasteiger partial charge in [0, 0.05) is 29.4 Å². The number of amides is 1. The van der Waals surface area contributed by atoms with E-state index in [1.165, 1.54) is 24.3 Å². The molecule has 2 atom stereocenters. The van der Waals surface area contributed by atoms with E-state index in [1.54, 1.807) is 12.4 Å². The van der Waals surface area contributed by atoms with Crippen molar-refractivity contribution in [3.8, 4) is 17.0 Å². The summed E-state index contributed by atoms with van der Waals surface area (Å²) >= 11 is 1.44. The monoisotopic (exact) mass is 389 g/mol. The Morgan fingerprint density at radius 1 is 1.15 bits per heavy atom. The zero-order chi connectivity index (χ0) is 19.4. The molecule has 5 nitrogen and oxygen atoms in total. The van der Waals surface area contributed by atoms with Crippen LogP contribution in [-0.2, 0) is 4.79 Å². The van der Waals surface area contributed by atoms with Crippen LogP contribution in [-0.4, -0.2) is 22.0 Å². The highest BCUT2D eigenvalue weighted by Gasteiger charge is 2.20. The van der Waals surface area contributed by atoms with Crippen molar-refractivity contribution in [2.75, 3.05) is 0 Å². The van der Waals surface area contributed by atoms with Gasteiger partial charge in [-0.1, -0.05) is 0 Å². The van der Waals surface area contributed by atoms with Gasteiger partial charge in [-0.15, -0.1) is 11.3 Å². The van der Waals surface area contributed by atoms with Crippen LogP contribution >= 0.6 is 11.3 Å². The standard InChI is InChI=1S/C19H17F2N3O2S/c1-11(19-24-17(10-27-19)13-5-7-22-8-6-13)23-18(25)12(2)26-14-3-4-15(20)16(21)9-14/h3-12H,1-2H3,(H,23,25). The zero-order valence-electron chi connectivity index (χ0n) is 14.6. The summed E-state index contributed by atoms with van der Waals surface area (Å²) in [4.78, 5) is 20.8. The first kappa shape index (κ1) is 18.9. The van der Waals surface area contributed by atoms with E-state index in [-0.39, 0.29) is 17.7 Å².